The minimum atomic E-state index is -4.02. The standard InChI is InChI=1S/C20H24N2O6S/c1-12(2)15-7-5-6-13(3)19(15)22-18(23)11-28-20(24)16-10-14(29(21,25)26)8-9-17(16)27-4/h5-10,12H,11H2,1-4H3,(H,22,23)(H2,21,25,26). The van der Waals surface area contributed by atoms with Gasteiger partial charge in [0.05, 0.1) is 12.0 Å². The van der Waals surface area contributed by atoms with E-state index in [-0.39, 0.29) is 22.1 Å². The lowest BCUT2D eigenvalue weighted by Crippen LogP contribution is -2.22. The van der Waals surface area contributed by atoms with Gasteiger partial charge in [0.25, 0.3) is 5.91 Å². The Balaban J connectivity index is 2.15. The Morgan fingerprint density at radius 3 is 2.45 bits per heavy atom. The van der Waals surface area contributed by atoms with Gasteiger partial charge in [-0.05, 0) is 42.2 Å². The van der Waals surface area contributed by atoms with Crippen molar-refractivity contribution in [1.82, 2.24) is 0 Å². The highest BCUT2D eigenvalue weighted by Crippen LogP contribution is 2.27. The molecule has 0 saturated carbocycles. The Bertz CT molecular complexity index is 1030. The SMILES string of the molecule is COc1ccc(S(N)(=O)=O)cc1C(=O)OCC(=O)Nc1c(C)cccc1C(C)C. The Kier molecular flexibility index (Phi) is 6.99. The van der Waals surface area contributed by atoms with Gasteiger partial charge in [-0.25, -0.2) is 18.4 Å². The van der Waals surface area contributed by atoms with Crippen LogP contribution in [0.3, 0.4) is 0 Å². The number of anilines is 1. The van der Waals surface area contributed by atoms with Gasteiger partial charge in [-0.3, -0.25) is 4.79 Å². The van der Waals surface area contributed by atoms with Crippen molar-refractivity contribution >= 4 is 27.6 Å². The second-order valence-electron chi connectivity index (χ2n) is 6.73. The molecule has 0 bridgehead atoms. The number of amides is 1. The van der Waals surface area contributed by atoms with E-state index in [2.05, 4.69) is 5.32 Å². The number of rotatable bonds is 7. The summed E-state index contributed by atoms with van der Waals surface area (Å²) in [7, 11) is -2.70. The summed E-state index contributed by atoms with van der Waals surface area (Å²) in [6, 6.07) is 9.25. The lowest BCUT2D eigenvalue weighted by molar-refractivity contribution is -0.119. The summed E-state index contributed by atoms with van der Waals surface area (Å²) in [5.74, 6) is -1.13. The maximum atomic E-state index is 12.4. The fourth-order valence-corrected chi connectivity index (χ4v) is 3.29. The fraction of sp³-hybridized carbons (Fsp3) is 0.300. The zero-order chi connectivity index (χ0) is 21.8. The molecule has 8 nitrogen and oxygen atoms in total. The van der Waals surface area contributed by atoms with Gasteiger partial charge in [-0.2, -0.15) is 0 Å². The molecule has 0 aromatic heterocycles. The van der Waals surface area contributed by atoms with Gasteiger partial charge in [0.1, 0.15) is 11.3 Å². The smallest absolute Gasteiger partial charge is 0.342 e. The molecule has 0 saturated heterocycles. The molecular weight excluding hydrogens is 396 g/mol. The average molecular weight is 420 g/mol. The minimum Gasteiger partial charge on any atom is -0.496 e. The molecule has 29 heavy (non-hydrogen) atoms. The molecule has 2 aromatic carbocycles. The van der Waals surface area contributed by atoms with Gasteiger partial charge in [-0.15, -0.1) is 0 Å². The number of esters is 1. The van der Waals surface area contributed by atoms with Crippen LogP contribution < -0.4 is 15.2 Å². The van der Waals surface area contributed by atoms with E-state index >= 15 is 0 Å². The van der Waals surface area contributed by atoms with E-state index in [0.29, 0.717) is 5.69 Å². The predicted octanol–water partition coefficient (Wildman–Crippen LogP) is 2.57. The van der Waals surface area contributed by atoms with Gasteiger partial charge in [0.15, 0.2) is 6.61 Å². The summed E-state index contributed by atoms with van der Waals surface area (Å²) in [6.45, 7) is 5.34. The van der Waals surface area contributed by atoms with Gasteiger partial charge in [0.2, 0.25) is 10.0 Å². The number of benzene rings is 2. The molecule has 0 spiro atoms. The highest BCUT2D eigenvalue weighted by Gasteiger charge is 2.20. The van der Waals surface area contributed by atoms with Crippen molar-refractivity contribution in [1.29, 1.82) is 0 Å². The second kappa shape index (κ2) is 9.06. The quantitative estimate of drug-likeness (QED) is 0.663. The summed E-state index contributed by atoms with van der Waals surface area (Å²) >= 11 is 0. The highest BCUT2D eigenvalue weighted by molar-refractivity contribution is 7.89. The number of carbonyl (C=O) groups excluding carboxylic acids is 2. The number of primary sulfonamides is 1. The van der Waals surface area contributed by atoms with Crippen molar-refractivity contribution in [2.75, 3.05) is 19.0 Å². The van der Waals surface area contributed by atoms with E-state index in [9.17, 15) is 18.0 Å². The van der Waals surface area contributed by atoms with Crippen molar-refractivity contribution < 1.29 is 27.5 Å². The summed E-state index contributed by atoms with van der Waals surface area (Å²) < 4.78 is 33.1. The van der Waals surface area contributed by atoms with Crippen molar-refractivity contribution in [3.05, 3.63) is 53.1 Å². The maximum absolute atomic E-state index is 12.4. The van der Waals surface area contributed by atoms with Crippen LogP contribution in [-0.4, -0.2) is 34.0 Å². The number of para-hydroxylation sites is 1. The number of sulfonamides is 1. The zero-order valence-corrected chi connectivity index (χ0v) is 17.5. The van der Waals surface area contributed by atoms with Crippen LogP contribution in [0.1, 0.15) is 41.3 Å². The van der Waals surface area contributed by atoms with Crippen LogP contribution in [0.25, 0.3) is 0 Å². The second-order valence-corrected chi connectivity index (χ2v) is 8.29. The Hall–Kier alpha value is -2.91. The molecule has 2 rings (SSSR count). The van der Waals surface area contributed by atoms with Gasteiger partial charge >= 0.3 is 5.97 Å². The normalized spacial score (nSPS) is 11.2. The van der Waals surface area contributed by atoms with Crippen molar-refractivity contribution in [2.45, 2.75) is 31.6 Å². The third-order valence-electron chi connectivity index (χ3n) is 4.25. The van der Waals surface area contributed by atoms with Crippen LogP contribution in [0.2, 0.25) is 0 Å². The van der Waals surface area contributed by atoms with Gasteiger partial charge in [-0.1, -0.05) is 32.0 Å². The van der Waals surface area contributed by atoms with E-state index < -0.39 is 28.5 Å². The van der Waals surface area contributed by atoms with Crippen LogP contribution in [0.4, 0.5) is 5.69 Å². The molecular formula is C20H24N2O6S. The van der Waals surface area contributed by atoms with Gasteiger partial charge < -0.3 is 14.8 Å². The predicted molar refractivity (Wildman–Crippen MR) is 109 cm³/mol. The molecule has 0 heterocycles. The third-order valence-corrected chi connectivity index (χ3v) is 5.16. The fourth-order valence-electron chi connectivity index (χ4n) is 2.75. The molecule has 1 amide bonds. The summed E-state index contributed by atoms with van der Waals surface area (Å²) in [5.41, 5.74) is 2.38. The topological polar surface area (TPSA) is 125 Å². The van der Waals surface area contributed by atoms with E-state index in [1.165, 1.54) is 19.2 Å². The average Bonchev–Trinajstić information content (AvgIpc) is 2.66. The van der Waals surface area contributed by atoms with E-state index in [0.717, 1.165) is 17.2 Å². The van der Waals surface area contributed by atoms with Crippen molar-refractivity contribution in [3.8, 4) is 5.75 Å². The van der Waals surface area contributed by atoms with Crippen LogP contribution >= 0.6 is 0 Å². The molecule has 0 unspecified atom stereocenters. The van der Waals surface area contributed by atoms with Crippen molar-refractivity contribution in [3.63, 3.8) is 0 Å². The van der Waals surface area contributed by atoms with Crippen molar-refractivity contribution in [2.24, 2.45) is 5.14 Å². The largest absolute Gasteiger partial charge is 0.496 e. The Morgan fingerprint density at radius 2 is 1.86 bits per heavy atom. The summed E-state index contributed by atoms with van der Waals surface area (Å²) in [5, 5.41) is 7.86. The number of nitrogens with one attached hydrogen (secondary N) is 1. The first-order valence-corrected chi connectivity index (χ1v) is 10.4. The third kappa shape index (κ3) is 5.55. The monoisotopic (exact) mass is 420 g/mol. The summed E-state index contributed by atoms with van der Waals surface area (Å²) in [6.07, 6.45) is 0. The number of hydrogen-bond donors (Lipinski definition) is 2. The Labute approximate surface area is 170 Å². The lowest BCUT2D eigenvalue weighted by Gasteiger charge is -2.16. The zero-order valence-electron chi connectivity index (χ0n) is 16.7. The molecule has 0 radical (unpaired) electrons. The van der Waals surface area contributed by atoms with Crippen LogP contribution in [0.5, 0.6) is 5.75 Å². The minimum absolute atomic E-state index is 0.101. The number of carbonyl (C=O) groups is 2. The number of ether oxygens (including phenoxy) is 2. The first-order valence-electron chi connectivity index (χ1n) is 8.82. The number of methoxy groups -OCH3 is 1. The molecule has 0 atom stereocenters. The number of nitrogens with two attached hydrogens (primary N) is 1. The van der Waals surface area contributed by atoms with E-state index in [1.54, 1.807) is 0 Å². The van der Waals surface area contributed by atoms with E-state index in [1.807, 2.05) is 39.0 Å². The summed E-state index contributed by atoms with van der Waals surface area (Å²) in [4.78, 5) is 24.4. The highest BCUT2D eigenvalue weighted by atomic mass is 32.2. The molecule has 2 aromatic rings. The van der Waals surface area contributed by atoms with E-state index in [4.69, 9.17) is 14.6 Å². The van der Waals surface area contributed by atoms with Crippen LogP contribution in [0, 0.1) is 6.92 Å². The molecule has 0 aliphatic carbocycles. The molecule has 0 aliphatic rings. The lowest BCUT2D eigenvalue weighted by atomic mass is 9.98. The number of hydrogen-bond acceptors (Lipinski definition) is 6. The molecule has 3 N–H and O–H groups in total. The molecule has 0 aliphatic heterocycles. The van der Waals surface area contributed by atoms with Crippen LogP contribution in [-0.2, 0) is 19.6 Å². The number of aryl methyl sites for hydroxylation is 1. The molecule has 0 fully saturated rings. The Morgan fingerprint density at radius 1 is 1.17 bits per heavy atom. The maximum Gasteiger partial charge on any atom is 0.342 e. The molecule has 156 valence electrons. The first kappa shape index (κ1) is 22.4. The molecule has 9 heteroatoms. The van der Waals surface area contributed by atoms with Crippen LogP contribution in [0.15, 0.2) is 41.3 Å². The van der Waals surface area contributed by atoms with Gasteiger partial charge in [0, 0.05) is 5.69 Å². The first-order chi connectivity index (χ1) is 13.5.